The third-order valence-corrected chi connectivity index (χ3v) is 5.14. The van der Waals surface area contributed by atoms with Gasteiger partial charge in [-0.2, -0.15) is 5.10 Å². The minimum absolute atomic E-state index is 0.000208. The van der Waals surface area contributed by atoms with Gasteiger partial charge in [0.2, 0.25) is 0 Å². The Hall–Kier alpha value is -3.14. The topological polar surface area (TPSA) is 118 Å². The van der Waals surface area contributed by atoms with Crippen molar-refractivity contribution in [2.24, 2.45) is 18.0 Å². The van der Waals surface area contributed by atoms with Gasteiger partial charge in [0.15, 0.2) is 5.96 Å². The Morgan fingerprint density at radius 2 is 2.23 bits per heavy atom. The first-order chi connectivity index (χ1) is 14.9. The lowest BCUT2D eigenvalue weighted by molar-refractivity contribution is -0.384. The predicted molar refractivity (Wildman–Crippen MR) is 117 cm³/mol. The molecular formula is C21H30N6O4. The van der Waals surface area contributed by atoms with Crippen LogP contribution in [0.4, 0.5) is 5.69 Å². The Kier molecular flexibility index (Phi) is 7.82. The summed E-state index contributed by atoms with van der Waals surface area (Å²) in [5.41, 5.74) is 1.25. The van der Waals surface area contributed by atoms with E-state index in [2.05, 4.69) is 26.5 Å². The molecule has 10 nitrogen and oxygen atoms in total. The summed E-state index contributed by atoms with van der Waals surface area (Å²) in [6.07, 6.45) is 5.28. The zero-order valence-electron chi connectivity index (χ0n) is 18.0. The number of rotatable bonds is 9. The van der Waals surface area contributed by atoms with Gasteiger partial charge in [0.25, 0.3) is 5.69 Å². The number of aliphatic imine (C=N–C) groups is 1. The molecule has 0 bridgehead atoms. The monoisotopic (exact) mass is 430 g/mol. The number of nitrogens with zero attached hydrogens (tertiary/aromatic N) is 5. The van der Waals surface area contributed by atoms with E-state index in [1.165, 1.54) is 29.8 Å². The van der Waals surface area contributed by atoms with Crippen LogP contribution in [-0.2, 0) is 13.5 Å². The number of hydrogen-bond acceptors (Lipinski definition) is 6. The van der Waals surface area contributed by atoms with Crippen LogP contribution in [-0.4, -0.2) is 69.6 Å². The molecule has 2 heterocycles. The van der Waals surface area contributed by atoms with E-state index >= 15 is 0 Å². The molecule has 1 saturated heterocycles. The fourth-order valence-corrected chi connectivity index (χ4v) is 3.63. The van der Waals surface area contributed by atoms with Crippen LogP contribution >= 0.6 is 0 Å². The number of nitro groups is 1. The van der Waals surface area contributed by atoms with Crippen molar-refractivity contribution >= 4 is 11.6 Å². The third kappa shape index (κ3) is 6.68. The highest BCUT2D eigenvalue weighted by molar-refractivity contribution is 5.80. The van der Waals surface area contributed by atoms with Crippen molar-refractivity contribution in [2.45, 2.75) is 25.9 Å². The van der Waals surface area contributed by atoms with Gasteiger partial charge >= 0.3 is 0 Å². The van der Waals surface area contributed by atoms with E-state index in [0.29, 0.717) is 11.7 Å². The maximum absolute atomic E-state index is 10.7. The fraction of sp³-hybridized carbons (Fsp3) is 0.524. The van der Waals surface area contributed by atoms with Gasteiger partial charge in [0, 0.05) is 45.0 Å². The molecule has 3 rings (SSSR count). The number of ether oxygens (including phenoxy) is 1. The van der Waals surface area contributed by atoms with Crippen LogP contribution in [0.3, 0.4) is 0 Å². The summed E-state index contributed by atoms with van der Waals surface area (Å²) in [5, 5.41) is 28.5. The second kappa shape index (κ2) is 10.8. The second-order valence-corrected chi connectivity index (χ2v) is 7.74. The molecule has 2 N–H and O–H groups in total. The van der Waals surface area contributed by atoms with Crippen LogP contribution in [0.15, 0.2) is 41.7 Å². The lowest BCUT2D eigenvalue weighted by atomic mass is 10.0. The molecule has 0 amide bonds. The molecule has 1 aromatic carbocycles. The normalized spacial score (nSPS) is 17.6. The van der Waals surface area contributed by atoms with Crippen LogP contribution in [0, 0.1) is 16.0 Å². The van der Waals surface area contributed by atoms with E-state index in [1.54, 1.807) is 0 Å². The Labute approximate surface area is 181 Å². The van der Waals surface area contributed by atoms with Crippen LogP contribution in [0.1, 0.15) is 18.9 Å². The quantitative estimate of drug-likeness (QED) is 0.268. The van der Waals surface area contributed by atoms with Gasteiger partial charge in [0.05, 0.1) is 17.7 Å². The highest BCUT2D eigenvalue weighted by Crippen LogP contribution is 2.21. The minimum Gasteiger partial charge on any atom is -0.491 e. The van der Waals surface area contributed by atoms with Gasteiger partial charge in [-0.25, -0.2) is 0 Å². The zero-order chi connectivity index (χ0) is 22.2. The lowest BCUT2D eigenvalue weighted by Crippen LogP contribution is -2.41. The fourth-order valence-electron chi connectivity index (χ4n) is 3.63. The molecule has 31 heavy (non-hydrogen) atoms. The number of guanidine groups is 1. The van der Waals surface area contributed by atoms with Gasteiger partial charge in [-0.3, -0.25) is 19.8 Å². The first kappa shape index (κ1) is 22.5. The zero-order valence-corrected chi connectivity index (χ0v) is 18.0. The number of hydrogen-bond donors (Lipinski definition) is 2. The number of likely N-dealkylation sites (tertiary alicyclic amines) is 1. The average Bonchev–Trinajstić information content (AvgIpc) is 3.39. The van der Waals surface area contributed by atoms with Crippen molar-refractivity contribution < 1.29 is 14.8 Å². The summed E-state index contributed by atoms with van der Waals surface area (Å²) in [6.45, 7) is 4.87. The molecule has 2 aromatic rings. The van der Waals surface area contributed by atoms with Gasteiger partial charge in [0.1, 0.15) is 18.5 Å². The molecular weight excluding hydrogens is 400 g/mol. The van der Waals surface area contributed by atoms with E-state index in [-0.39, 0.29) is 18.8 Å². The molecule has 168 valence electrons. The van der Waals surface area contributed by atoms with E-state index in [1.807, 2.05) is 24.9 Å². The summed E-state index contributed by atoms with van der Waals surface area (Å²) in [6, 6.07) is 5.78. The number of nitro benzene ring substituents is 1. The number of aliphatic hydroxyl groups excluding tert-OH is 1. The van der Waals surface area contributed by atoms with Crippen molar-refractivity contribution in [1.29, 1.82) is 0 Å². The largest absolute Gasteiger partial charge is 0.491 e. The molecule has 10 heteroatoms. The highest BCUT2D eigenvalue weighted by Gasteiger charge is 2.25. The first-order valence-electron chi connectivity index (χ1n) is 10.5. The van der Waals surface area contributed by atoms with Gasteiger partial charge < -0.3 is 20.1 Å². The summed E-state index contributed by atoms with van der Waals surface area (Å²) in [7, 11) is 1.93. The summed E-state index contributed by atoms with van der Waals surface area (Å²) in [5.74, 6) is 1.81. The molecule has 1 aromatic heterocycles. The van der Waals surface area contributed by atoms with Crippen molar-refractivity contribution in [3.05, 3.63) is 52.3 Å². The average molecular weight is 431 g/mol. The Morgan fingerprint density at radius 3 is 2.87 bits per heavy atom. The van der Waals surface area contributed by atoms with Crippen LogP contribution in [0.25, 0.3) is 0 Å². The Bertz CT molecular complexity index is 882. The Morgan fingerprint density at radius 1 is 1.45 bits per heavy atom. The standard InChI is InChI=1S/C21H30N6O4/c1-3-22-21(26-9-8-16(14-26)10-17-11-24-25(2)13-17)23-12-19(28)15-31-20-6-4-18(5-7-20)27(29)30/h4-7,11,13,16,19,28H,3,8-10,12,14-15H2,1-2H3,(H,22,23). The van der Waals surface area contributed by atoms with E-state index in [9.17, 15) is 15.2 Å². The number of aromatic nitrogens is 2. The van der Waals surface area contributed by atoms with Crippen molar-refractivity contribution in [3.63, 3.8) is 0 Å². The molecule has 2 atom stereocenters. The second-order valence-electron chi connectivity index (χ2n) is 7.74. The minimum atomic E-state index is -0.780. The molecule has 1 aliphatic heterocycles. The number of aliphatic hydroxyl groups is 1. The maximum atomic E-state index is 10.7. The van der Waals surface area contributed by atoms with Crippen molar-refractivity contribution in [2.75, 3.05) is 32.8 Å². The van der Waals surface area contributed by atoms with Gasteiger partial charge in [-0.15, -0.1) is 0 Å². The smallest absolute Gasteiger partial charge is 0.269 e. The van der Waals surface area contributed by atoms with Gasteiger partial charge in [-0.05, 0) is 43.4 Å². The predicted octanol–water partition coefficient (Wildman–Crippen LogP) is 1.60. The summed E-state index contributed by atoms with van der Waals surface area (Å²) < 4.78 is 7.35. The molecule has 1 aliphatic rings. The number of non-ortho nitro benzene ring substituents is 1. The van der Waals surface area contributed by atoms with E-state index in [0.717, 1.165) is 38.4 Å². The van der Waals surface area contributed by atoms with E-state index < -0.39 is 11.0 Å². The first-order valence-corrected chi connectivity index (χ1v) is 10.5. The molecule has 2 unspecified atom stereocenters. The molecule has 0 saturated carbocycles. The molecule has 0 aliphatic carbocycles. The molecule has 1 fully saturated rings. The number of aryl methyl sites for hydroxylation is 1. The van der Waals surface area contributed by atoms with Crippen LogP contribution < -0.4 is 10.1 Å². The van der Waals surface area contributed by atoms with Gasteiger partial charge in [-0.1, -0.05) is 0 Å². The summed E-state index contributed by atoms with van der Waals surface area (Å²) in [4.78, 5) is 17.1. The highest BCUT2D eigenvalue weighted by atomic mass is 16.6. The SMILES string of the molecule is CCNC(=NCC(O)COc1ccc([N+](=O)[O-])cc1)N1CCC(Cc2cnn(C)c2)C1. The third-order valence-electron chi connectivity index (χ3n) is 5.14. The molecule has 0 radical (unpaired) electrons. The molecule has 0 spiro atoms. The van der Waals surface area contributed by atoms with Crippen LogP contribution in [0.2, 0.25) is 0 Å². The number of nitrogens with one attached hydrogen (secondary N) is 1. The number of benzene rings is 1. The van der Waals surface area contributed by atoms with E-state index in [4.69, 9.17) is 4.74 Å². The van der Waals surface area contributed by atoms with Crippen molar-refractivity contribution in [3.8, 4) is 5.75 Å². The lowest BCUT2D eigenvalue weighted by Gasteiger charge is -2.22. The summed E-state index contributed by atoms with van der Waals surface area (Å²) >= 11 is 0. The van der Waals surface area contributed by atoms with Crippen LogP contribution in [0.5, 0.6) is 5.75 Å². The van der Waals surface area contributed by atoms with Crippen molar-refractivity contribution in [1.82, 2.24) is 20.0 Å². The maximum Gasteiger partial charge on any atom is 0.269 e. The Balaban J connectivity index is 1.48.